The number of morpholine rings is 1. The van der Waals surface area contributed by atoms with Crippen LogP contribution in [0.3, 0.4) is 0 Å². The van der Waals surface area contributed by atoms with E-state index in [0.29, 0.717) is 6.54 Å². The van der Waals surface area contributed by atoms with Crippen molar-refractivity contribution in [3.05, 3.63) is 42.4 Å². The van der Waals surface area contributed by atoms with E-state index in [0.717, 1.165) is 43.5 Å². The molecule has 5 heteroatoms. The summed E-state index contributed by atoms with van der Waals surface area (Å²) < 4.78 is 11.5. The maximum atomic E-state index is 5.82. The van der Waals surface area contributed by atoms with E-state index < -0.39 is 0 Å². The lowest BCUT2D eigenvalue weighted by molar-refractivity contribution is 0.00776. The number of hydrogen-bond donors (Lipinski definition) is 1. The van der Waals surface area contributed by atoms with Gasteiger partial charge in [0.15, 0.2) is 5.76 Å². The lowest BCUT2D eigenvalue weighted by atomic mass is 10.2. The molecule has 1 aromatic carbocycles. The summed E-state index contributed by atoms with van der Waals surface area (Å²) in [5.74, 6) is 1.55. The summed E-state index contributed by atoms with van der Waals surface area (Å²) in [6.45, 7) is 4.20. The fourth-order valence-electron chi connectivity index (χ4n) is 2.50. The molecule has 3 rings (SSSR count). The second-order valence-electron chi connectivity index (χ2n) is 5.38. The maximum absolute atomic E-state index is 5.82. The average molecular weight is 287 g/mol. The van der Waals surface area contributed by atoms with E-state index in [1.165, 1.54) is 0 Å². The Morgan fingerprint density at radius 2 is 2.19 bits per heavy atom. The van der Waals surface area contributed by atoms with Gasteiger partial charge in [0.05, 0.1) is 25.5 Å². The smallest absolute Gasteiger partial charge is 0.209 e. The van der Waals surface area contributed by atoms with Crippen LogP contribution >= 0.6 is 0 Å². The first-order valence-corrected chi connectivity index (χ1v) is 7.32. The third-order valence-electron chi connectivity index (χ3n) is 3.54. The molecule has 0 bridgehead atoms. The number of likely N-dealkylation sites (N-methyl/N-ethyl adjacent to an activating group) is 1. The fraction of sp³-hybridized carbons (Fsp3) is 0.438. The van der Waals surface area contributed by atoms with Crippen LogP contribution in [0.25, 0.3) is 11.3 Å². The highest BCUT2D eigenvalue weighted by Gasteiger charge is 2.16. The van der Waals surface area contributed by atoms with Crippen LogP contribution in [0, 0.1) is 0 Å². The van der Waals surface area contributed by atoms with Crippen molar-refractivity contribution in [3.63, 3.8) is 0 Å². The van der Waals surface area contributed by atoms with Crippen LogP contribution < -0.4 is 5.32 Å². The topological polar surface area (TPSA) is 50.5 Å². The molecule has 1 fully saturated rings. The van der Waals surface area contributed by atoms with Crippen molar-refractivity contribution in [2.45, 2.75) is 12.6 Å². The van der Waals surface area contributed by atoms with Gasteiger partial charge in [0.2, 0.25) is 5.89 Å². The van der Waals surface area contributed by atoms with Gasteiger partial charge < -0.3 is 14.5 Å². The predicted octanol–water partition coefficient (Wildman–Crippen LogP) is 1.76. The Kier molecular flexibility index (Phi) is 4.65. The molecule has 5 nitrogen and oxygen atoms in total. The van der Waals surface area contributed by atoms with Crippen LogP contribution in [0.4, 0.5) is 0 Å². The number of hydrogen-bond acceptors (Lipinski definition) is 5. The van der Waals surface area contributed by atoms with Crippen molar-refractivity contribution in [2.24, 2.45) is 0 Å². The maximum Gasteiger partial charge on any atom is 0.209 e. The van der Waals surface area contributed by atoms with Gasteiger partial charge in [-0.05, 0) is 7.05 Å². The van der Waals surface area contributed by atoms with Crippen molar-refractivity contribution in [1.82, 2.24) is 15.2 Å². The number of oxazole rings is 1. The second kappa shape index (κ2) is 6.85. The lowest BCUT2D eigenvalue weighted by Crippen LogP contribution is -2.44. The summed E-state index contributed by atoms with van der Waals surface area (Å²) >= 11 is 0. The Morgan fingerprint density at radius 1 is 1.33 bits per heavy atom. The van der Waals surface area contributed by atoms with Gasteiger partial charge in [-0.2, -0.15) is 0 Å². The van der Waals surface area contributed by atoms with Gasteiger partial charge in [-0.25, -0.2) is 4.98 Å². The molecular weight excluding hydrogens is 266 g/mol. The fourth-order valence-corrected chi connectivity index (χ4v) is 2.50. The zero-order valence-corrected chi connectivity index (χ0v) is 12.3. The minimum Gasteiger partial charge on any atom is -0.439 e. The highest BCUT2D eigenvalue weighted by atomic mass is 16.5. The molecule has 1 atom stereocenters. The van der Waals surface area contributed by atoms with Crippen LogP contribution in [0.5, 0.6) is 0 Å². The molecule has 0 spiro atoms. The van der Waals surface area contributed by atoms with Gasteiger partial charge in [0.25, 0.3) is 0 Å². The first-order chi connectivity index (χ1) is 10.3. The minimum atomic E-state index is 0.243. The average Bonchev–Trinajstić information content (AvgIpc) is 2.97. The van der Waals surface area contributed by atoms with Crippen LogP contribution in [0.15, 0.2) is 40.9 Å². The summed E-state index contributed by atoms with van der Waals surface area (Å²) in [5.41, 5.74) is 1.05. The molecular formula is C16H21N3O2. The largest absolute Gasteiger partial charge is 0.439 e. The molecule has 1 aliphatic heterocycles. The summed E-state index contributed by atoms with van der Waals surface area (Å²) in [7, 11) is 2.06. The molecule has 0 saturated carbocycles. The normalized spacial score (nSPS) is 19.0. The number of rotatable bonds is 5. The van der Waals surface area contributed by atoms with E-state index in [2.05, 4.69) is 22.2 Å². The first-order valence-electron chi connectivity index (χ1n) is 7.32. The molecule has 1 N–H and O–H groups in total. The predicted molar refractivity (Wildman–Crippen MR) is 80.9 cm³/mol. The zero-order valence-electron chi connectivity index (χ0n) is 12.3. The number of aromatic nitrogens is 1. The highest BCUT2D eigenvalue weighted by molar-refractivity contribution is 5.55. The monoisotopic (exact) mass is 287 g/mol. The summed E-state index contributed by atoms with van der Waals surface area (Å²) in [6, 6.07) is 10.0. The standard InChI is InChI=1S/C16H21N3O2/c1-19(11-14-9-17-7-8-20-14)12-16-18-10-15(21-16)13-5-3-2-4-6-13/h2-6,10,14,17H,7-9,11-12H2,1H3. The van der Waals surface area contributed by atoms with Crippen molar-refractivity contribution in [1.29, 1.82) is 0 Å². The Labute approximate surface area is 124 Å². The Balaban J connectivity index is 1.56. The molecule has 0 amide bonds. The Bertz CT molecular complexity index is 550. The molecule has 1 saturated heterocycles. The summed E-state index contributed by atoms with van der Waals surface area (Å²) in [6.07, 6.45) is 2.03. The molecule has 1 unspecified atom stereocenters. The molecule has 1 aliphatic rings. The van der Waals surface area contributed by atoms with Crippen LogP contribution in [0.2, 0.25) is 0 Å². The third kappa shape index (κ3) is 3.91. The Morgan fingerprint density at radius 3 is 2.95 bits per heavy atom. The SMILES string of the molecule is CN(Cc1ncc(-c2ccccc2)o1)CC1CNCCO1. The lowest BCUT2D eigenvalue weighted by Gasteiger charge is -2.27. The molecule has 1 aromatic heterocycles. The minimum absolute atomic E-state index is 0.243. The molecule has 0 aliphatic carbocycles. The number of benzene rings is 1. The Hall–Kier alpha value is -1.69. The highest BCUT2D eigenvalue weighted by Crippen LogP contribution is 2.20. The van der Waals surface area contributed by atoms with E-state index >= 15 is 0 Å². The number of nitrogens with zero attached hydrogens (tertiary/aromatic N) is 2. The van der Waals surface area contributed by atoms with E-state index in [1.807, 2.05) is 30.3 Å². The van der Waals surface area contributed by atoms with Gasteiger partial charge >= 0.3 is 0 Å². The van der Waals surface area contributed by atoms with Crippen LogP contribution in [-0.2, 0) is 11.3 Å². The molecule has 2 heterocycles. The van der Waals surface area contributed by atoms with Crippen molar-refractivity contribution >= 4 is 0 Å². The van der Waals surface area contributed by atoms with Gasteiger partial charge in [0, 0.05) is 25.2 Å². The number of ether oxygens (including phenoxy) is 1. The molecule has 0 radical (unpaired) electrons. The molecule has 2 aromatic rings. The van der Waals surface area contributed by atoms with Crippen LogP contribution in [0.1, 0.15) is 5.89 Å². The van der Waals surface area contributed by atoms with Gasteiger partial charge in [-0.15, -0.1) is 0 Å². The second-order valence-corrected chi connectivity index (χ2v) is 5.38. The zero-order chi connectivity index (χ0) is 14.5. The summed E-state index contributed by atoms with van der Waals surface area (Å²) in [4.78, 5) is 6.54. The van der Waals surface area contributed by atoms with Crippen LogP contribution in [-0.4, -0.2) is 49.3 Å². The van der Waals surface area contributed by atoms with Crippen molar-refractivity contribution < 1.29 is 9.15 Å². The van der Waals surface area contributed by atoms with Gasteiger partial charge in [0.1, 0.15) is 0 Å². The molecule has 112 valence electrons. The summed E-state index contributed by atoms with van der Waals surface area (Å²) in [5, 5.41) is 3.34. The van der Waals surface area contributed by atoms with E-state index in [4.69, 9.17) is 9.15 Å². The quantitative estimate of drug-likeness (QED) is 0.908. The number of nitrogens with one attached hydrogen (secondary N) is 1. The van der Waals surface area contributed by atoms with E-state index in [-0.39, 0.29) is 6.10 Å². The van der Waals surface area contributed by atoms with Gasteiger partial charge in [-0.1, -0.05) is 30.3 Å². The third-order valence-corrected chi connectivity index (χ3v) is 3.54. The first kappa shape index (κ1) is 14.3. The van der Waals surface area contributed by atoms with Crippen molar-refractivity contribution in [3.8, 4) is 11.3 Å². The van der Waals surface area contributed by atoms with E-state index in [9.17, 15) is 0 Å². The van der Waals surface area contributed by atoms with E-state index in [1.54, 1.807) is 6.20 Å². The molecule has 21 heavy (non-hydrogen) atoms. The van der Waals surface area contributed by atoms with Gasteiger partial charge in [-0.3, -0.25) is 4.90 Å². The van der Waals surface area contributed by atoms with Crippen molar-refractivity contribution in [2.75, 3.05) is 33.3 Å².